The van der Waals surface area contributed by atoms with E-state index < -0.39 is 5.91 Å². The third-order valence-corrected chi connectivity index (χ3v) is 4.21. The lowest BCUT2D eigenvalue weighted by Gasteiger charge is -2.08. The second-order valence-corrected chi connectivity index (χ2v) is 6.43. The van der Waals surface area contributed by atoms with Crippen molar-refractivity contribution in [2.24, 2.45) is 0 Å². The van der Waals surface area contributed by atoms with Crippen LogP contribution < -0.4 is 10.6 Å². The number of rotatable bonds is 6. The van der Waals surface area contributed by atoms with Crippen LogP contribution in [-0.2, 0) is 6.42 Å². The first-order valence-corrected chi connectivity index (χ1v) is 8.95. The molecule has 3 aromatic rings. The van der Waals surface area contributed by atoms with Gasteiger partial charge in [0.1, 0.15) is 11.5 Å². The summed E-state index contributed by atoms with van der Waals surface area (Å²) >= 11 is 5.90. The number of hydrogen-bond acceptors (Lipinski definition) is 3. The quantitative estimate of drug-likeness (QED) is 0.657. The summed E-state index contributed by atoms with van der Waals surface area (Å²) in [4.78, 5) is 28.7. The monoisotopic (exact) mass is 397 g/mol. The lowest BCUT2D eigenvalue weighted by atomic mass is 10.1. The molecule has 1 aromatic heterocycles. The minimum absolute atomic E-state index is 0.0988. The summed E-state index contributed by atoms with van der Waals surface area (Å²) in [6, 6.07) is 16.0. The van der Waals surface area contributed by atoms with Crippen LogP contribution in [0.3, 0.4) is 0 Å². The third-order valence-electron chi connectivity index (χ3n) is 3.97. The molecule has 0 spiro atoms. The fraction of sp³-hybridized carbons (Fsp3) is 0.0952. The Kier molecular flexibility index (Phi) is 6.34. The molecule has 0 aliphatic carbocycles. The Morgan fingerprint density at radius 1 is 1.00 bits per heavy atom. The average molecular weight is 398 g/mol. The van der Waals surface area contributed by atoms with Gasteiger partial charge in [-0.15, -0.1) is 0 Å². The van der Waals surface area contributed by atoms with Gasteiger partial charge in [-0.2, -0.15) is 0 Å². The number of nitrogens with one attached hydrogen (secondary N) is 2. The minimum Gasteiger partial charge on any atom is -0.352 e. The third kappa shape index (κ3) is 5.14. The zero-order chi connectivity index (χ0) is 19.9. The number of pyridine rings is 1. The van der Waals surface area contributed by atoms with Gasteiger partial charge in [0.15, 0.2) is 0 Å². The predicted octanol–water partition coefficient (Wildman–Crippen LogP) is 4.10. The van der Waals surface area contributed by atoms with E-state index in [2.05, 4.69) is 15.6 Å². The molecule has 0 unspecified atom stereocenters. The standard InChI is InChI=1S/C21H17ClFN3O2/c22-16-5-3-6-17(13-16)26-21(28)19-12-15(9-10-24-19)20(27)25-11-8-14-4-1-2-7-18(14)23/h1-7,9-10,12-13H,8,11H2,(H,25,27)(H,26,28). The molecule has 2 N–H and O–H groups in total. The van der Waals surface area contributed by atoms with Crippen molar-refractivity contribution in [3.05, 3.63) is 94.5 Å². The first-order valence-electron chi connectivity index (χ1n) is 8.57. The van der Waals surface area contributed by atoms with E-state index in [0.29, 0.717) is 28.3 Å². The summed E-state index contributed by atoms with van der Waals surface area (Å²) in [5.74, 6) is -1.13. The molecule has 2 amide bonds. The second kappa shape index (κ2) is 9.10. The summed E-state index contributed by atoms with van der Waals surface area (Å²) in [5, 5.41) is 5.89. The normalized spacial score (nSPS) is 10.4. The fourth-order valence-corrected chi connectivity index (χ4v) is 2.76. The molecular weight excluding hydrogens is 381 g/mol. The molecule has 3 rings (SSSR count). The van der Waals surface area contributed by atoms with E-state index in [1.54, 1.807) is 42.5 Å². The Balaban J connectivity index is 1.61. The maximum Gasteiger partial charge on any atom is 0.274 e. The SMILES string of the molecule is O=C(NCCc1ccccc1F)c1ccnc(C(=O)Nc2cccc(Cl)c2)c1. The van der Waals surface area contributed by atoms with Crippen LogP contribution >= 0.6 is 11.6 Å². The maximum absolute atomic E-state index is 13.6. The molecule has 5 nitrogen and oxygen atoms in total. The number of carbonyl (C=O) groups excluding carboxylic acids is 2. The van der Waals surface area contributed by atoms with Crippen molar-refractivity contribution in [2.75, 3.05) is 11.9 Å². The summed E-state index contributed by atoms with van der Waals surface area (Å²) < 4.78 is 13.6. The van der Waals surface area contributed by atoms with E-state index in [0.717, 1.165) is 0 Å². The van der Waals surface area contributed by atoms with Gasteiger partial charge in [-0.3, -0.25) is 14.6 Å². The van der Waals surface area contributed by atoms with E-state index >= 15 is 0 Å². The van der Waals surface area contributed by atoms with Crippen molar-refractivity contribution in [1.29, 1.82) is 0 Å². The number of benzene rings is 2. The lowest BCUT2D eigenvalue weighted by molar-refractivity contribution is 0.0954. The van der Waals surface area contributed by atoms with Crippen LogP contribution in [0.15, 0.2) is 66.9 Å². The molecule has 0 fully saturated rings. The Bertz CT molecular complexity index is 1010. The largest absolute Gasteiger partial charge is 0.352 e. The number of anilines is 1. The zero-order valence-electron chi connectivity index (χ0n) is 14.8. The summed E-state index contributed by atoms with van der Waals surface area (Å²) in [6.07, 6.45) is 1.75. The van der Waals surface area contributed by atoms with Crippen LogP contribution in [0.1, 0.15) is 26.4 Å². The number of amides is 2. The summed E-state index contributed by atoms with van der Waals surface area (Å²) in [6.45, 7) is 0.270. The summed E-state index contributed by atoms with van der Waals surface area (Å²) in [7, 11) is 0. The van der Waals surface area contributed by atoms with Gasteiger partial charge < -0.3 is 10.6 Å². The van der Waals surface area contributed by atoms with Gasteiger partial charge in [0.05, 0.1) is 0 Å². The fourth-order valence-electron chi connectivity index (χ4n) is 2.57. The van der Waals surface area contributed by atoms with Gasteiger partial charge in [-0.25, -0.2) is 4.39 Å². The number of aromatic nitrogens is 1. The molecule has 142 valence electrons. The molecule has 0 saturated heterocycles. The molecule has 1 heterocycles. The highest BCUT2D eigenvalue weighted by Gasteiger charge is 2.12. The van der Waals surface area contributed by atoms with Gasteiger partial charge >= 0.3 is 0 Å². The van der Waals surface area contributed by atoms with Crippen molar-refractivity contribution in [1.82, 2.24) is 10.3 Å². The van der Waals surface area contributed by atoms with Gasteiger partial charge in [0, 0.05) is 29.0 Å². The van der Waals surface area contributed by atoms with Crippen LogP contribution in [0, 0.1) is 5.82 Å². The van der Waals surface area contributed by atoms with E-state index in [9.17, 15) is 14.0 Å². The van der Waals surface area contributed by atoms with Crippen molar-refractivity contribution < 1.29 is 14.0 Å². The van der Waals surface area contributed by atoms with Crippen molar-refractivity contribution >= 4 is 29.1 Å². The Hall–Kier alpha value is -3.25. The Labute approximate surface area is 166 Å². The van der Waals surface area contributed by atoms with Gasteiger partial charge in [0.2, 0.25) is 0 Å². The van der Waals surface area contributed by atoms with Gasteiger partial charge in [-0.1, -0.05) is 35.9 Å². The predicted molar refractivity (Wildman–Crippen MR) is 106 cm³/mol. The van der Waals surface area contributed by atoms with Crippen molar-refractivity contribution in [3.8, 4) is 0 Å². The van der Waals surface area contributed by atoms with E-state index in [1.165, 1.54) is 24.4 Å². The molecular formula is C21H17ClFN3O2. The topological polar surface area (TPSA) is 71.1 Å². The van der Waals surface area contributed by atoms with Crippen LogP contribution in [0.2, 0.25) is 5.02 Å². The van der Waals surface area contributed by atoms with Crippen molar-refractivity contribution in [3.63, 3.8) is 0 Å². The number of carbonyl (C=O) groups is 2. The smallest absolute Gasteiger partial charge is 0.274 e. The second-order valence-electron chi connectivity index (χ2n) is 5.99. The first kappa shape index (κ1) is 19.5. The van der Waals surface area contributed by atoms with Crippen LogP contribution in [0.5, 0.6) is 0 Å². The van der Waals surface area contributed by atoms with E-state index in [4.69, 9.17) is 11.6 Å². The highest BCUT2D eigenvalue weighted by Crippen LogP contribution is 2.16. The number of halogens is 2. The molecule has 0 saturated carbocycles. The van der Waals surface area contributed by atoms with Gasteiger partial charge in [-0.05, 0) is 48.4 Å². The van der Waals surface area contributed by atoms with E-state index in [1.807, 2.05) is 0 Å². The van der Waals surface area contributed by atoms with Gasteiger partial charge in [0.25, 0.3) is 11.8 Å². The zero-order valence-corrected chi connectivity index (χ0v) is 15.5. The average Bonchev–Trinajstić information content (AvgIpc) is 2.69. The van der Waals surface area contributed by atoms with Crippen LogP contribution in [0.25, 0.3) is 0 Å². The lowest BCUT2D eigenvalue weighted by Crippen LogP contribution is -2.26. The van der Waals surface area contributed by atoms with Crippen LogP contribution in [-0.4, -0.2) is 23.3 Å². The molecule has 0 atom stereocenters. The Morgan fingerprint density at radius 2 is 1.82 bits per heavy atom. The molecule has 28 heavy (non-hydrogen) atoms. The molecule has 2 aromatic carbocycles. The maximum atomic E-state index is 13.6. The Morgan fingerprint density at radius 3 is 2.61 bits per heavy atom. The van der Waals surface area contributed by atoms with E-state index in [-0.39, 0.29) is 24.0 Å². The summed E-state index contributed by atoms with van der Waals surface area (Å²) in [5.41, 5.74) is 1.44. The highest BCUT2D eigenvalue weighted by molar-refractivity contribution is 6.30. The van der Waals surface area contributed by atoms with Crippen LogP contribution in [0.4, 0.5) is 10.1 Å². The first-order chi connectivity index (χ1) is 13.5. The van der Waals surface area contributed by atoms with Crippen molar-refractivity contribution in [2.45, 2.75) is 6.42 Å². The number of hydrogen-bond donors (Lipinski definition) is 2. The molecule has 0 aliphatic rings. The highest BCUT2D eigenvalue weighted by atomic mass is 35.5. The molecule has 0 aliphatic heterocycles. The molecule has 0 radical (unpaired) electrons. The number of nitrogens with zero attached hydrogens (tertiary/aromatic N) is 1. The molecule has 7 heteroatoms. The minimum atomic E-state index is -0.455. The molecule has 0 bridgehead atoms.